The van der Waals surface area contributed by atoms with E-state index < -0.39 is 11.7 Å². The minimum absolute atomic E-state index is 0.114. The highest BCUT2D eigenvalue weighted by molar-refractivity contribution is 6.35. The van der Waals surface area contributed by atoms with Crippen LogP contribution in [0.15, 0.2) is 40.1 Å². The van der Waals surface area contributed by atoms with Crippen molar-refractivity contribution in [2.24, 2.45) is 10.7 Å². The van der Waals surface area contributed by atoms with Gasteiger partial charge >= 0.3 is 0 Å². The number of rotatable bonds is 3. The van der Waals surface area contributed by atoms with Crippen LogP contribution in [0.25, 0.3) is 10.9 Å². The SMILES string of the molecule is COc1cc2c(=O)nc3n(c2cc1OC)[C@@H](c1ccc(Cl)cc1Cl)N=C(N)N3. The molecule has 8 nitrogen and oxygen atoms in total. The van der Waals surface area contributed by atoms with Crippen molar-refractivity contribution < 1.29 is 9.47 Å². The summed E-state index contributed by atoms with van der Waals surface area (Å²) in [6, 6.07) is 8.35. The van der Waals surface area contributed by atoms with Crippen molar-refractivity contribution in [1.29, 1.82) is 0 Å². The second kappa shape index (κ2) is 6.88. The van der Waals surface area contributed by atoms with Crippen LogP contribution < -0.4 is 26.1 Å². The van der Waals surface area contributed by atoms with Crippen molar-refractivity contribution in [3.8, 4) is 11.5 Å². The van der Waals surface area contributed by atoms with Gasteiger partial charge in [-0.05, 0) is 18.2 Å². The van der Waals surface area contributed by atoms with Crippen LogP contribution in [0.1, 0.15) is 11.7 Å². The maximum atomic E-state index is 12.6. The molecular formula is C18H15Cl2N5O3. The molecule has 4 rings (SSSR count). The molecule has 1 aromatic heterocycles. The largest absolute Gasteiger partial charge is 0.493 e. The fourth-order valence-electron chi connectivity index (χ4n) is 3.15. The molecule has 0 bridgehead atoms. The zero-order chi connectivity index (χ0) is 20.0. The van der Waals surface area contributed by atoms with Crippen LogP contribution in [0.2, 0.25) is 10.0 Å². The Bertz CT molecular complexity index is 1190. The van der Waals surface area contributed by atoms with Gasteiger partial charge in [-0.25, -0.2) is 4.99 Å². The number of nitrogens with one attached hydrogen (secondary N) is 1. The Hall–Kier alpha value is -2.97. The summed E-state index contributed by atoms with van der Waals surface area (Å²) >= 11 is 12.4. The maximum absolute atomic E-state index is 12.6. The highest BCUT2D eigenvalue weighted by Crippen LogP contribution is 2.37. The lowest BCUT2D eigenvalue weighted by atomic mass is 10.1. The Morgan fingerprint density at radius 2 is 1.86 bits per heavy atom. The van der Waals surface area contributed by atoms with E-state index in [4.69, 9.17) is 38.4 Å². The highest BCUT2D eigenvalue weighted by Gasteiger charge is 2.27. The Kier molecular flexibility index (Phi) is 4.52. The molecule has 28 heavy (non-hydrogen) atoms. The molecule has 1 aliphatic heterocycles. The maximum Gasteiger partial charge on any atom is 0.282 e. The quantitative estimate of drug-likeness (QED) is 0.675. The van der Waals surface area contributed by atoms with E-state index in [2.05, 4.69) is 15.3 Å². The molecule has 3 N–H and O–H groups in total. The lowest BCUT2D eigenvalue weighted by Gasteiger charge is -2.28. The molecule has 0 fully saturated rings. The molecule has 0 saturated heterocycles. The van der Waals surface area contributed by atoms with Crippen molar-refractivity contribution in [2.45, 2.75) is 6.17 Å². The highest BCUT2D eigenvalue weighted by atomic mass is 35.5. The van der Waals surface area contributed by atoms with E-state index in [0.717, 1.165) is 0 Å². The molecule has 0 aliphatic carbocycles. The van der Waals surface area contributed by atoms with E-state index in [1.165, 1.54) is 14.2 Å². The third kappa shape index (κ3) is 2.90. The van der Waals surface area contributed by atoms with Crippen LogP contribution >= 0.6 is 23.2 Å². The topological polar surface area (TPSA) is 104 Å². The Balaban J connectivity index is 2.07. The summed E-state index contributed by atoms with van der Waals surface area (Å²) < 4.78 is 12.4. The summed E-state index contributed by atoms with van der Waals surface area (Å²) in [6.07, 6.45) is -0.658. The molecule has 0 amide bonds. The minimum Gasteiger partial charge on any atom is -0.493 e. The normalized spacial score (nSPS) is 15.6. The number of methoxy groups -OCH3 is 2. The Morgan fingerprint density at radius 3 is 2.54 bits per heavy atom. The first kappa shape index (κ1) is 18.4. The number of hydrogen-bond donors (Lipinski definition) is 2. The van der Waals surface area contributed by atoms with Crippen LogP contribution in [-0.4, -0.2) is 29.7 Å². The number of aromatic nitrogens is 2. The lowest BCUT2D eigenvalue weighted by Crippen LogP contribution is -2.35. The van der Waals surface area contributed by atoms with E-state index in [1.54, 1.807) is 34.9 Å². The van der Waals surface area contributed by atoms with Crippen LogP contribution in [0.4, 0.5) is 5.95 Å². The number of ether oxygens (including phenoxy) is 2. The van der Waals surface area contributed by atoms with E-state index in [1.807, 2.05) is 0 Å². The summed E-state index contributed by atoms with van der Waals surface area (Å²) in [7, 11) is 3.01. The number of aliphatic imine (C=N–C) groups is 1. The van der Waals surface area contributed by atoms with Gasteiger partial charge in [0.05, 0.1) is 25.1 Å². The summed E-state index contributed by atoms with van der Waals surface area (Å²) in [5.74, 6) is 1.23. The lowest BCUT2D eigenvalue weighted by molar-refractivity contribution is 0.355. The van der Waals surface area contributed by atoms with Crippen LogP contribution in [0, 0.1) is 0 Å². The molecule has 2 heterocycles. The third-order valence-corrected chi connectivity index (χ3v) is 4.98. The van der Waals surface area contributed by atoms with E-state index in [9.17, 15) is 4.79 Å². The molecule has 0 saturated carbocycles. The minimum atomic E-state index is -0.658. The zero-order valence-corrected chi connectivity index (χ0v) is 16.4. The van der Waals surface area contributed by atoms with Crippen molar-refractivity contribution in [2.75, 3.05) is 19.5 Å². The second-order valence-corrected chi connectivity index (χ2v) is 6.86. The monoisotopic (exact) mass is 419 g/mol. The number of guanidine groups is 1. The smallest absolute Gasteiger partial charge is 0.282 e. The van der Waals surface area contributed by atoms with Crippen LogP contribution in [0.5, 0.6) is 11.5 Å². The molecule has 10 heteroatoms. The summed E-state index contributed by atoms with van der Waals surface area (Å²) in [4.78, 5) is 21.2. The summed E-state index contributed by atoms with van der Waals surface area (Å²) in [5.41, 5.74) is 6.67. The fraction of sp³-hybridized carbons (Fsp3) is 0.167. The van der Waals surface area contributed by atoms with E-state index >= 15 is 0 Å². The first-order chi connectivity index (χ1) is 13.4. The van der Waals surface area contributed by atoms with E-state index in [0.29, 0.717) is 38.0 Å². The van der Waals surface area contributed by atoms with Crippen molar-refractivity contribution in [3.63, 3.8) is 0 Å². The zero-order valence-electron chi connectivity index (χ0n) is 14.9. The number of halogens is 2. The average Bonchev–Trinajstić information content (AvgIpc) is 2.66. The molecule has 144 valence electrons. The summed E-state index contributed by atoms with van der Waals surface area (Å²) in [5, 5.41) is 4.08. The van der Waals surface area contributed by atoms with Gasteiger partial charge in [-0.1, -0.05) is 29.3 Å². The van der Waals surface area contributed by atoms with Gasteiger partial charge in [-0.2, -0.15) is 4.98 Å². The van der Waals surface area contributed by atoms with Gasteiger partial charge in [-0.3, -0.25) is 14.7 Å². The number of anilines is 1. The van der Waals surface area contributed by atoms with Gasteiger partial charge in [0.1, 0.15) is 0 Å². The van der Waals surface area contributed by atoms with Crippen LogP contribution in [0.3, 0.4) is 0 Å². The second-order valence-electron chi connectivity index (χ2n) is 6.01. The number of fused-ring (bicyclic) bond motifs is 3. The van der Waals surface area contributed by atoms with Gasteiger partial charge in [0.15, 0.2) is 23.6 Å². The average molecular weight is 420 g/mol. The van der Waals surface area contributed by atoms with Gasteiger partial charge in [-0.15, -0.1) is 0 Å². The van der Waals surface area contributed by atoms with Crippen LogP contribution in [-0.2, 0) is 0 Å². The predicted molar refractivity (Wildman–Crippen MR) is 109 cm³/mol. The summed E-state index contributed by atoms with van der Waals surface area (Å²) in [6.45, 7) is 0. The first-order valence-corrected chi connectivity index (χ1v) is 8.92. The van der Waals surface area contributed by atoms with Crippen molar-refractivity contribution in [3.05, 3.63) is 56.3 Å². The van der Waals surface area contributed by atoms with Gasteiger partial charge in [0, 0.05) is 21.7 Å². The molecule has 1 aliphatic rings. The fourth-order valence-corrected chi connectivity index (χ4v) is 3.66. The number of nitrogens with zero attached hydrogens (tertiary/aromatic N) is 3. The van der Waals surface area contributed by atoms with E-state index in [-0.39, 0.29) is 11.9 Å². The molecule has 2 aromatic carbocycles. The van der Waals surface area contributed by atoms with Gasteiger partial charge in [0.2, 0.25) is 5.95 Å². The molecule has 3 aromatic rings. The number of benzene rings is 2. The van der Waals surface area contributed by atoms with Gasteiger partial charge in [0.25, 0.3) is 5.56 Å². The molecule has 0 unspecified atom stereocenters. The van der Waals surface area contributed by atoms with Crippen molar-refractivity contribution in [1.82, 2.24) is 9.55 Å². The number of hydrogen-bond acceptors (Lipinski definition) is 7. The molecule has 0 spiro atoms. The molecule has 1 atom stereocenters. The predicted octanol–water partition coefficient (Wildman–Crippen LogP) is 3.01. The van der Waals surface area contributed by atoms with Crippen molar-refractivity contribution >= 4 is 46.0 Å². The van der Waals surface area contributed by atoms with Gasteiger partial charge < -0.3 is 15.2 Å². The Morgan fingerprint density at radius 1 is 1.14 bits per heavy atom. The third-order valence-electron chi connectivity index (χ3n) is 4.41. The standard InChI is InChI=1S/C18H15Cl2N5O3/c1-27-13-6-10-12(7-14(13)28-2)25-15(9-4-3-8(19)5-11(9)20)22-17(21)24-18(25)23-16(10)26/h3-7,15H,1-2H3,(H3,21,22,23,24,26)/t15-/m0/s1. The first-order valence-electron chi connectivity index (χ1n) is 8.16. The Labute approximate surface area is 169 Å². The molecule has 0 radical (unpaired) electrons. The number of nitrogens with two attached hydrogens (primary N) is 1. The molecular weight excluding hydrogens is 405 g/mol.